The Morgan fingerprint density at radius 2 is 1.91 bits per heavy atom. The molecule has 1 aliphatic heterocycles. The van der Waals surface area contributed by atoms with Crippen LogP contribution in [0.4, 0.5) is 20.2 Å². The Bertz CT molecular complexity index is 1230. The molecule has 0 radical (unpaired) electrons. The Balaban J connectivity index is 1.68. The van der Waals surface area contributed by atoms with Crippen LogP contribution in [0, 0.1) is 11.6 Å². The van der Waals surface area contributed by atoms with E-state index in [0.717, 1.165) is 17.3 Å². The molecule has 0 aliphatic carbocycles. The Hall–Kier alpha value is -3.68. The minimum Gasteiger partial charge on any atom is -0.330 e. The van der Waals surface area contributed by atoms with Crippen molar-refractivity contribution >= 4 is 30.2 Å². The maximum absolute atomic E-state index is 13.8. The molecular formula is C24H23F2N5O. The van der Waals surface area contributed by atoms with Crippen LogP contribution < -0.4 is 0 Å². The summed E-state index contributed by atoms with van der Waals surface area (Å²) in [4.78, 5) is 23.3. The number of aryl methyl sites for hydroxylation is 1. The van der Waals surface area contributed by atoms with Gasteiger partial charge in [-0.25, -0.2) is 8.78 Å². The van der Waals surface area contributed by atoms with E-state index >= 15 is 0 Å². The first-order valence-corrected chi connectivity index (χ1v) is 10.3. The minimum atomic E-state index is -0.641. The first-order valence-electron chi connectivity index (χ1n) is 10.3. The van der Waals surface area contributed by atoms with Gasteiger partial charge in [-0.15, -0.1) is 0 Å². The summed E-state index contributed by atoms with van der Waals surface area (Å²) in [5.74, 6) is -1.43. The molecule has 2 aromatic carbocycles. The quantitative estimate of drug-likeness (QED) is 0.530. The molecule has 1 aromatic heterocycles. The highest BCUT2D eigenvalue weighted by Gasteiger charge is 2.33. The van der Waals surface area contributed by atoms with Crippen LogP contribution in [-0.4, -0.2) is 40.1 Å². The van der Waals surface area contributed by atoms with Crippen LogP contribution in [-0.2, 0) is 13.5 Å². The lowest BCUT2D eigenvalue weighted by molar-refractivity contribution is 0.0673. The van der Waals surface area contributed by atoms with Gasteiger partial charge in [0.25, 0.3) is 5.91 Å². The molecule has 0 unspecified atom stereocenters. The summed E-state index contributed by atoms with van der Waals surface area (Å²) in [5.41, 5.74) is 4.38. The lowest BCUT2D eigenvalue weighted by atomic mass is 9.95. The van der Waals surface area contributed by atoms with Crippen LogP contribution in [0.15, 0.2) is 46.4 Å². The number of aromatic nitrogens is 2. The summed E-state index contributed by atoms with van der Waals surface area (Å²) in [5, 5.41) is 4.60. The molecule has 1 amide bonds. The molecule has 0 fully saturated rings. The number of amides is 1. The predicted molar refractivity (Wildman–Crippen MR) is 121 cm³/mol. The number of carbonyl (C=O) groups is 1. The molecule has 0 saturated heterocycles. The number of benzene rings is 2. The van der Waals surface area contributed by atoms with E-state index in [4.69, 9.17) is 0 Å². The molecule has 164 valence electrons. The molecular weight excluding hydrogens is 412 g/mol. The highest BCUT2D eigenvalue weighted by molar-refractivity contribution is 5.96. The van der Waals surface area contributed by atoms with Crippen LogP contribution >= 0.6 is 0 Å². The van der Waals surface area contributed by atoms with Gasteiger partial charge in [-0.1, -0.05) is 0 Å². The fraction of sp³-hybridized carbons (Fsp3) is 0.250. The van der Waals surface area contributed by atoms with E-state index in [-0.39, 0.29) is 11.9 Å². The SMILES string of the molecule is C=Nc1cc(C(=O)N2CCc3c(nn(C)c3-c3cc(F)cc(F)c3)[C@H]2C)ccc1/N=C\C. The third-order valence-corrected chi connectivity index (χ3v) is 5.70. The van der Waals surface area contributed by atoms with Gasteiger partial charge in [0, 0.05) is 42.6 Å². The van der Waals surface area contributed by atoms with Crippen molar-refractivity contribution < 1.29 is 13.6 Å². The Morgan fingerprint density at radius 1 is 1.19 bits per heavy atom. The van der Waals surface area contributed by atoms with Gasteiger partial charge in [0.05, 0.1) is 28.8 Å². The van der Waals surface area contributed by atoms with E-state index in [1.165, 1.54) is 12.1 Å². The molecule has 4 rings (SSSR count). The third-order valence-electron chi connectivity index (χ3n) is 5.70. The van der Waals surface area contributed by atoms with Crippen molar-refractivity contribution in [3.8, 4) is 11.3 Å². The van der Waals surface area contributed by atoms with Crippen molar-refractivity contribution in [3.63, 3.8) is 0 Å². The molecule has 3 aromatic rings. The van der Waals surface area contributed by atoms with Gasteiger partial charge in [0.1, 0.15) is 11.6 Å². The fourth-order valence-corrected chi connectivity index (χ4v) is 4.27. The van der Waals surface area contributed by atoms with Gasteiger partial charge >= 0.3 is 0 Å². The minimum absolute atomic E-state index is 0.149. The normalized spacial score (nSPS) is 15.8. The zero-order valence-corrected chi connectivity index (χ0v) is 18.1. The second-order valence-electron chi connectivity index (χ2n) is 7.67. The second-order valence-corrected chi connectivity index (χ2v) is 7.67. The van der Waals surface area contributed by atoms with E-state index in [2.05, 4.69) is 21.8 Å². The maximum atomic E-state index is 13.8. The van der Waals surface area contributed by atoms with E-state index in [1.807, 2.05) is 6.92 Å². The lowest BCUT2D eigenvalue weighted by Crippen LogP contribution is -2.38. The summed E-state index contributed by atoms with van der Waals surface area (Å²) in [6, 6.07) is 8.28. The number of nitrogens with zero attached hydrogens (tertiary/aromatic N) is 5. The van der Waals surface area contributed by atoms with Crippen molar-refractivity contribution in [2.24, 2.45) is 17.0 Å². The molecule has 0 N–H and O–H groups in total. The van der Waals surface area contributed by atoms with Gasteiger partial charge in [0.2, 0.25) is 0 Å². The molecule has 2 heterocycles. The van der Waals surface area contributed by atoms with Crippen LogP contribution in [0.2, 0.25) is 0 Å². The maximum Gasteiger partial charge on any atom is 0.254 e. The molecule has 32 heavy (non-hydrogen) atoms. The van der Waals surface area contributed by atoms with Crippen LogP contribution in [0.5, 0.6) is 0 Å². The highest BCUT2D eigenvalue weighted by atomic mass is 19.1. The van der Waals surface area contributed by atoms with Gasteiger partial charge in [-0.05, 0) is 57.3 Å². The smallest absolute Gasteiger partial charge is 0.254 e. The van der Waals surface area contributed by atoms with Gasteiger partial charge in [-0.3, -0.25) is 19.5 Å². The molecule has 8 heteroatoms. The zero-order valence-electron chi connectivity index (χ0n) is 18.1. The van der Waals surface area contributed by atoms with Crippen LogP contribution in [0.1, 0.15) is 41.5 Å². The number of hydrogen-bond donors (Lipinski definition) is 0. The average molecular weight is 435 g/mol. The number of rotatable bonds is 4. The Morgan fingerprint density at radius 3 is 2.56 bits per heavy atom. The van der Waals surface area contributed by atoms with Crippen molar-refractivity contribution in [2.45, 2.75) is 26.3 Å². The third kappa shape index (κ3) is 3.72. The largest absolute Gasteiger partial charge is 0.330 e. The van der Waals surface area contributed by atoms with Crippen molar-refractivity contribution in [1.29, 1.82) is 0 Å². The molecule has 0 saturated carbocycles. The number of hydrogen-bond acceptors (Lipinski definition) is 4. The highest BCUT2D eigenvalue weighted by Crippen LogP contribution is 2.37. The Kier molecular flexibility index (Phi) is 5.69. The van der Waals surface area contributed by atoms with E-state index in [0.29, 0.717) is 41.2 Å². The predicted octanol–water partition coefficient (Wildman–Crippen LogP) is 5.18. The number of fused-ring (bicyclic) bond motifs is 1. The van der Waals surface area contributed by atoms with E-state index < -0.39 is 11.6 Å². The number of aliphatic imine (C=N–C) groups is 2. The summed E-state index contributed by atoms with van der Waals surface area (Å²) >= 11 is 0. The summed E-state index contributed by atoms with van der Waals surface area (Å²) in [7, 11) is 1.74. The Labute approximate surface area is 184 Å². The van der Waals surface area contributed by atoms with E-state index in [9.17, 15) is 13.6 Å². The molecule has 1 aliphatic rings. The second kappa shape index (κ2) is 8.45. The monoisotopic (exact) mass is 435 g/mol. The zero-order chi connectivity index (χ0) is 23.0. The summed E-state index contributed by atoms with van der Waals surface area (Å²) < 4.78 is 29.2. The number of halogens is 2. The van der Waals surface area contributed by atoms with Gasteiger partial charge in [0.15, 0.2) is 0 Å². The standard InChI is InChI=1S/C24H23F2N5O/c1-5-28-20-7-6-15(12-21(20)27-3)24(32)31-9-8-19-22(14(31)2)29-30(4)23(19)16-10-17(25)13-18(26)11-16/h5-7,10-14H,3,8-9H2,1-2,4H3/b28-5-/t14-/m1/s1. The fourth-order valence-electron chi connectivity index (χ4n) is 4.27. The first-order chi connectivity index (χ1) is 15.3. The first kappa shape index (κ1) is 21.5. The van der Waals surface area contributed by atoms with Crippen LogP contribution in [0.3, 0.4) is 0 Å². The lowest BCUT2D eigenvalue weighted by Gasteiger charge is -2.33. The van der Waals surface area contributed by atoms with Crippen molar-refractivity contribution in [1.82, 2.24) is 14.7 Å². The molecule has 1 atom stereocenters. The van der Waals surface area contributed by atoms with Crippen molar-refractivity contribution in [3.05, 3.63) is 64.9 Å². The summed E-state index contributed by atoms with van der Waals surface area (Å²) in [6.07, 6.45) is 2.18. The van der Waals surface area contributed by atoms with Crippen molar-refractivity contribution in [2.75, 3.05) is 6.54 Å². The molecule has 0 spiro atoms. The van der Waals surface area contributed by atoms with Gasteiger partial charge in [-0.2, -0.15) is 5.10 Å². The topological polar surface area (TPSA) is 62.9 Å². The molecule has 0 bridgehead atoms. The van der Waals surface area contributed by atoms with E-state index in [1.54, 1.807) is 48.0 Å². The summed E-state index contributed by atoms with van der Waals surface area (Å²) in [6.45, 7) is 7.73. The van der Waals surface area contributed by atoms with Crippen LogP contribution in [0.25, 0.3) is 11.3 Å². The average Bonchev–Trinajstić information content (AvgIpc) is 3.10. The van der Waals surface area contributed by atoms with Gasteiger partial charge < -0.3 is 4.90 Å². The molecule has 6 nitrogen and oxygen atoms in total. The number of carbonyl (C=O) groups excluding carboxylic acids is 1.